The van der Waals surface area contributed by atoms with Crippen LogP contribution in [0, 0.1) is 40.4 Å². The van der Waals surface area contributed by atoms with Gasteiger partial charge in [-0.25, -0.2) is 0 Å². The molecule has 0 aromatic rings. The molecule has 4 fully saturated rings. The third kappa shape index (κ3) is 4.20. The molecule has 5 aliphatic rings. The van der Waals surface area contributed by atoms with Crippen LogP contribution in [0.4, 0.5) is 0 Å². The summed E-state index contributed by atoms with van der Waals surface area (Å²) < 4.78 is 6.02. The summed E-state index contributed by atoms with van der Waals surface area (Å²) in [6, 6.07) is 0. The summed E-state index contributed by atoms with van der Waals surface area (Å²) in [6.07, 6.45) is 15.1. The van der Waals surface area contributed by atoms with Crippen molar-refractivity contribution in [2.75, 3.05) is 19.6 Å². The lowest BCUT2D eigenvalue weighted by atomic mass is 9.47. The normalized spacial score (nSPS) is 44.4. The summed E-state index contributed by atoms with van der Waals surface area (Å²) in [5.74, 6) is 3.32. The van der Waals surface area contributed by atoms with Gasteiger partial charge >= 0.3 is 5.97 Å². The van der Waals surface area contributed by atoms with Crippen molar-refractivity contribution in [2.24, 2.45) is 40.4 Å². The van der Waals surface area contributed by atoms with Crippen LogP contribution in [0.15, 0.2) is 11.6 Å². The summed E-state index contributed by atoms with van der Waals surface area (Å²) in [5, 5.41) is 0. The van der Waals surface area contributed by atoms with Gasteiger partial charge in [0.05, 0.1) is 26.1 Å². The topological polar surface area (TPSA) is 47.8 Å². The number of ether oxygens (including phenoxy) is 1. The average Bonchev–Trinajstić information content (AvgIpc) is 3.08. The van der Waals surface area contributed by atoms with Crippen molar-refractivity contribution in [2.45, 2.75) is 104 Å². The molecule has 3 saturated carbocycles. The minimum atomic E-state index is 0.0182. The number of allylic oxidation sites excluding steroid dienone is 1. The molecule has 190 valence electrons. The summed E-state index contributed by atoms with van der Waals surface area (Å²) >= 11 is 0. The molecule has 8 atom stereocenters. The first kappa shape index (κ1) is 24.5. The molecule has 4 nitrogen and oxygen atoms in total. The Morgan fingerprint density at radius 1 is 1.09 bits per heavy atom. The van der Waals surface area contributed by atoms with Crippen LogP contribution < -0.4 is 4.90 Å². The molecule has 1 aliphatic heterocycles. The number of likely N-dealkylation sites (tertiary alicyclic amines) is 1. The van der Waals surface area contributed by atoms with Gasteiger partial charge in [0.15, 0.2) is 0 Å². The molecular weight excluding hydrogens is 422 g/mol. The number of fused-ring (bicyclic) bond motifs is 5. The number of quaternary nitrogens is 1. The van der Waals surface area contributed by atoms with E-state index in [1.165, 1.54) is 51.6 Å². The first-order chi connectivity index (χ1) is 16.2. The number of carbonyl (C=O) groups is 2. The van der Waals surface area contributed by atoms with Gasteiger partial charge in [-0.15, -0.1) is 0 Å². The van der Waals surface area contributed by atoms with Crippen molar-refractivity contribution in [3.63, 3.8) is 0 Å². The molecule has 1 saturated heterocycles. The Morgan fingerprint density at radius 3 is 2.59 bits per heavy atom. The van der Waals surface area contributed by atoms with Gasteiger partial charge in [0, 0.05) is 12.3 Å². The van der Waals surface area contributed by atoms with Gasteiger partial charge in [-0.1, -0.05) is 32.4 Å². The van der Waals surface area contributed by atoms with Crippen molar-refractivity contribution in [1.29, 1.82) is 0 Å². The number of piperidine rings is 1. The SMILES string of the molecule is CC(=O)C1[C@H](C)CC2C3CC=C4CC(OC(=O)CC[NH+]5CCCCC5)CC[C@]4(C)C3CC[C@@]21C. The number of rotatable bonds is 5. The van der Waals surface area contributed by atoms with E-state index in [0.717, 1.165) is 38.1 Å². The van der Waals surface area contributed by atoms with E-state index in [1.54, 1.807) is 10.5 Å². The lowest BCUT2D eigenvalue weighted by Crippen LogP contribution is -3.12. The Balaban J connectivity index is 1.22. The second-order valence-corrected chi connectivity index (χ2v) is 13.3. The number of hydrogen-bond acceptors (Lipinski definition) is 3. The molecule has 1 N–H and O–H groups in total. The van der Waals surface area contributed by atoms with Crippen molar-refractivity contribution in [3.05, 3.63) is 11.6 Å². The lowest BCUT2D eigenvalue weighted by molar-refractivity contribution is -0.904. The predicted octanol–water partition coefficient (Wildman–Crippen LogP) is 4.77. The second kappa shape index (κ2) is 9.37. The van der Waals surface area contributed by atoms with Crippen LogP contribution in [0.25, 0.3) is 0 Å². The molecule has 0 bridgehead atoms. The Labute approximate surface area is 207 Å². The van der Waals surface area contributed by atoms with E-state index in [2.05, 4.69) is 26.8 Å². The monoisotopic (exact) mass is 470 g/mol. The van der Waals surface area contributed by atoms with Crippen LogP contribution in [-0.2, 0) is 14.3 Å². The smallest absolute Gasteiger partial charge is 0.311 e. The average molecular weight is 471 g/mol. The molecule has 5 unspecified atom stereocenters. The van der Waals surface area contributed by atoms with Gasteiger partial charge in [-0.3, -0.25) is 9.59 Å². The summed E-state index contributed by atoms with van der Waals surface area (Å²) in [4.78, 5) is 26.8. The number of Topliss-reactive ketones (excluding diaryl/α,β-unsaturated/α-hetero) is 1. The molecule has 0 aromatic carbocycles. The Kier molecular flexibility index (Phi) is 6.76. The molecule has 0 spiro atoms. The highest BCUT2D eigenvalue weighted by Crippen LogP contribution is 2.67. The maximum absolute atomic E-state index is 12.6. The molecule has 0 aromatic heterocycles. The minimum absolute atomic E-state index is 0.0182. The Morgan fingerprint density at radius 2 is 1.85 bits per heavy atom. The zero-order chi connectivity index (χ0) is 24.1. The highest BCUT2D eigenvalue weighted by atomic mass is 16.5. The molecule has 1 heterocycles. The lowest BCUT2D eigenvalue weighted by Gasteiger charge is -2.58. The predicted molar refractivity (Wildman–Crippen MR) is 134 cm³/mol. The number of nitrogens with one attached hydrogen (secondary N) is 1. The molecule has 4 aliphatic carbocycles. The van der Waals surface area contributed by atoms with Crippen LogP contribution in [-0.4, -0.2) is 37.5 Å². The third-order valence-electron chi connectivity index (χ3n) is 11.4. The van der Waals surface area contributed by atoms with Crippen LogP contribution in [0.3, 0.4) is 0 Å². The molecular formula is C30H48NO3+. The van der Waals surface area contributed by atoms with Crippen molar-refractivity contribution >= 4 is 11.8 Å². The van der Waals surface area contributed by atoms with E-state index < -0.39 is 0 Å². The molecule has 0 radical (unpaired) electrons. The number of carbonyl (C=O) groups excluding carboxylic acids is 2. The van der Waals surface area contributed by atoms with Crippen LogP contribution >= 0.6 is 0 Å². The number of ketones is 1. The summed E-state index contributed by atoms with van der Waals surface area (Å²) in [5.41, 5.74) is 2.01. The maximum Gasteiger partial charge on any atom is 0.311 e. The molecule has 5 rings (SSSR count). The zero-order valence-corrected chi connectivity index (χ0v) is 22.2. The van der Waals surface area contributed by atoms with Gasteiger partial charge < -0.3 is 9.64 Å². The van der Waals surface area contributed by atoms with Gasteiger partial charge in [-0.05, 0) is 99.2 Å². The number of hydrogen-bond donors (Lipinski definition) is 1. The first-order valence-corrected chi connectivity index (χ1v) is 14.5. The highest BCUT2D eigenvalue weighted by Gasteiger charge is 2.61. The zero-order valence-electron chi connectivity index (χ0n) is 22.2. The second-order valence-electron chi connectivity index (χ2n) is 13.3. The fourth-order valence-corrected chi connectivity index (χ4v) is 9.78. The quantitative estimate of drug-likeness (QED) is 0.465. The van der Waals surface area contributed by atoms with Crippen LogP contribution in [0.5, 0.6) is 0 Å². The Bertz CT molecular complexity index is 829. The van der Waals surface area contributed by atoms with E-state index in [0.29, 0.717) is 30.0 Å². The fourth-order valence-electron chi connectivity index (χ4n) is 9.78. The minimum Gasteiger partial charge on any atom is -0.462 e. The third-order valence-corrected chi connectivity index (χ3v) is 11.4. The highest BCUT2D eigenvalue weighted by molar-refractivity contribution is 5.80. The van der Waals surface area contributed by atoms with E-state index in [-0.39, 0.29) is 28.8 Å². The molecule has 0 amide bonds. The van der Waals surface area contributed by atoms with E-state index in [1.807, 2.05) is 6.92 Å². The largest absolute Gasteiger partial charge is 0.462 e. The Hall–Kier alpha value is -1.16. The van der Waals surface area contributed by atoms with E-state index >= 15 is 0 Å². The standard InChI is InChI=1S/C30H47NO3/c1-20-18-26-24-9-8-22-19-23(34-27(33)12-17-31-15-6-5-7-16-31)10-13-29(22,3)25(24)11-14-30(26,4)28(20)21(2)32/h8,20,23-26,28H,5-7,9-19H2,1-4H3/p+1/t20-,23?,24?,25?,26?,28?,29+,30+/m1/s1. The molecule has 34 heavy (non-hydrogen) atoms. The van der Waals surface area contributed by atoms with E-state index in [4.69, 9.17) is 4.74 Å². The van der Waals surface area contributed by atoms with Crippen molar-refractivity contribution in [3.8, 4) is 0 Å². The number of esters is 1. The van der Waals surface area contributed by atoms with Crippen molar-refractivity contribution in [1.82, 2.24) is 0 Å². The van der Waals surface area contributed by atoms with Crippen LogP contribution in [0.1, 0.15) is 98.3 Å². The fraction of sp³-hybridized carbons (Fsp3) is 0.867. The van der Waals surface area contributed by atoms with Crippen molar-refractivity contribution < 1.29 is 19.2 Å². The first-order valence-electron chi connectivity index (χ1n) is 14.5. The van der Waals surface area contributed by atoms with Gasteiger partial charge in [-0.2, -0.15) is 0 Å². The van der Waals surface area contributed by atoms with E-state index in [9.17, 15) is 9.59 Å². The maximum atomic E-state index is 12.6. The van der Waals surface area contributed by atoms with Gasteiger partial charge in [0.1, 0.15) is 11.9 Å². The molecule has 4 heteroatoms. The van der Waals surface area contributed by atoms with Gasteiger partial charge in [0.25, 0.3) is 0 Å². The summed E-state index contributed by atoms with van der Waals surface area (Å²) in [7, 11) is 0. The van der Waals surface area contributed by atoms with Gasteiger partial charge in [0.2, 0.25) is 0 Å². The summed E-state index contributed by atoms with van der Waals surface area (Å²) in [6.45, 7) is 12.5. The van der Waals surface area contributed by atoms with Crippen LogP contribution in [0.2, 0.25) is 0 Å².